The van der Waals surface area contributed by atoms with E-state index in [4.69, 9.17) is 12.2 Å². The Kier molecular flexibility index (Phi) is 3.05. The van der Waals surface area contributed by atoms with Crippen molar-refractivity contribution in [3.05, 3.63) is 58.1 Å². The zero-order chi connectivity index (χ0) is 15.3. The van der Waals surface area contributed by atoms with Gasteiger partial charge in [0.05, 0.1) is 5.52 Å². The van der Waals surface area contributed by atoms with E-state index in [-0.39, 0.29) is 15.8 Å². The van der Waals surface area contributed by atoms with Gasteiger partial charge in [0.15, 0.2) is 22.2 Å². The topological polar surface area (TPSA) is 20.7 Å². The number of H-pyrrole nitrogens is 1. The third kappa shape index (κ3) is 2.11. The molecule has 3 rings (SSSR count). The van der Waals surface area contributed by atoms with Gasteiger partial charge in [0.25, 0.3) is 0 Å². The molecule has 0 amide bonds. The van der Waals surface area contributed by atoms with Crippen LogP contribution >= 0.6 is 12.2 Å². The summed E-state index contributed by atoms with van der Waals surface area (Å²) in [5.74, 6) is -5.50. The van der Waals surface area contributed by atoms with Crippen LogP contribution in [-0.2, 0) is 0 Å². The smallest absolute Gasteiger partial charge is 0.183 e. The fourth-order valence-electron chi connectivity index (χ4n) is 2.10. The van der Waals surface area contributed by atoms with Gasteiger partial charge in [0.1, 0.15) is 22.8 Å². The molecule has 0 radical (unpaired) electrons. The molecular weight excluding hydrogens is 311 g/mol. The van der Waals surface area contributed by atoms with Crippen molar-refractivity contribution in [2.24, 2.45) is 0 Å². The Hall–Kier alpha value is -2.22. The molecule has 108 valence electrons. The van der Waals surface area contributed by atoms with Crippen molar-refractivity contribution in [2.45, 2.75) is 0 Å². The molecule has 0 aliphatic rings. The Morgan fingerprint density at radius 2 is 1.33 bits per heavy atom. The molecule has 2 nitrogen and oxygen atoms in total. The lowest BCUT2D eigenvalue weighted by molar-refractivity contribution is 0.534. The third-order valence-electron chi connectivity index (χ3n) is 2.92. The summed E-state index contributed by atoms with van der Waals surface area (Å²) in [6, 6.07) is 2.38. The Labute approximate surface area is 119 Å². The first-order valence-corrected chi connectivity index (χ1v) is 6.04. The maximum atomic E-state index is 13.8. The minimum Gasteiger partial charge on any atom is -0.328 e. The van der Waals surface area contributed by atoms with Crippen molar-refractivity contribution in [2.75, 3.05) is 0 Å². The first-order valence-electron chi connectivity index (χ1n) is 5.63. The van der Waals surface area contributed by atoms with Crippen molar-refractivity contribution in [1.82, 2.24) is 9.55 Å². The Morgan fingerprint density at radius 1 is 0.810 bits per heavy atom. The van der Waals surface area contributed by atoms with E-state index < -0.39 is 34.8 Å². The molecule has 0 saturated heterocycles. The predicted molar refractivity (Wildman–Crippen MR) is 68.2 cm³/mol. The van der Waals surface area contributed by atoms with E-state index in [1.165, 1.54) is 0 Å². The number of aromatic amines is 1. The van der Waals surface area contributed by atoms with Crippen LogP contribution in [0.1, 0.15) is 0 Å². The summed E-state index contributed by atoms with van der Waals surface area (Å²) in [5.41, 5.74) is -1.11. The number of fused-ring (bicyclic) bond motifs is 1. The number of rotatable bonds is 1. The zero-order valence-corrected chi connectivity index (χ0v) is 10.9. The predicted octanol–water partition coefficient (Wildman–Crippen LogP) is 4.38. The van der Waals surface area contributed by atoms with E-state index >= 15 is 0 Å². The molecule has 0 unspecified atom stereocenters. The maximum Gasteiger partial charge on any atom is 0.183 e. The summed E-state index contributed by atoms with van der Waals surface area (Å²) in [5, 5.41) is 0. The van der Waals surface area contributed by atoms with Crippen LogP contribution in [0, 0.1) is 33.9 Å². The summed E-state index contributed by atoms with van der Waals surface area (Å²) in [6.45, 7) is 0. The molecule has 1 heterocycles. The molecule has 0 spiro atoms. The molecule has 0 aliphatic carbocycles. The average Bonchev–Trinajstić information content (AvgIpc) is 2.66. The zero-order valence-electron chi connectivity index (χ0n) is 10.1. The second-order valence-corrected chi connectivity index (χ2v) is 4.65. The van der Waals surface area contributed by atoms with Gasteiger partial charge in [-0.2, -0.15) is 0 Å². The van der Waals surface area contributed by atoms with Crippen LogP contribution in [-0.4, -0.2) is 9.55 Å². The maximum absolute atomic E-state index is 13.8. The number of imidazole rings is 1. The van der Waals surface area contributed by atoms with Crippen molar-refractivity contribution >= 4 is 23.3 Å². The molecule has 2 aromatic carbocycles. The third-order valence-corrected chi connectivity index (χ3v) is 3.20. The van der Waals surface area contributed by atoms with Gasteiger partial charge in [0, 0.05) is 24.3 Å². The second kappa shape index (κ2) is 4.66. The highest BCUT2D eigenvalue weighted by atomic mass is 32.1. The van der Waals surface area contributed by atoms with E-state index in [0.29, 0.717) is 18.2 Å². The van der Waals surface area contributed by atoms with E-state index in [0.717, 1.165) is 10.6 Å². The van der Waals surface area contributed by atoms with E-state index in [1.807, 2.05) is 0 Å². The molecule has 0 saturated carbocycles. The van der Waals surface area contributed by atoms with E-state index in [1.54, 1.807) is 0 Å². The second-order valence-electron chi connectivity index (χ2n) is 4.27. The van der Waals surface area contributed by atoms with Crippen LogP contribution in [0.5, 0.6) is 0 Å². The van der Waals surface area contributed by atoms with Crippen LogP contribution < -0.4 is 0 Å². The van der Waals surface area contributed by atoms with Gasteiger partial charge < -0.3 is 4.98 Å². The van der Waals surface area contributed by atoms with Gasteiger partial charge in [-0.25, -0.2) is 22.0 Å². The van der Waals surface area contributed by atoms with Crippen LogP contribution in [0.15, 0.2) is 24.3 Å². The van der Waals surface area contributed by atoms with Gasteiger partial charge >= 0.3 is 0 Å². The number of hydrogen-bond donors (Lipinski definition) is 1. The summed E-state index contributed by atoms with van der Waals surface area (Å²) >= 11 is 4.88. The number of halogens is 5. The van der Waals surface area contributed by atoms with Gasteiger partial charge in [-0.1, -0.05) is 0 Å². The highest BCUT2D eigenvalue weighted by Gasteiger charge is 2.19. The molecule has 0 fully saturated rings. The lowest BCUT2D eigenvalue weighted by atomic mass is 10.2. The van der Waals surface area contributed by atoms with Crippen LogP contribution in [0.2, 0.25) is 0 Å². The number of benzene rings is 2. The van der Waals surface area contributed by atoms with Crippen LogP contribution in [0.25, 0.3) is 16.7 Å². The van der Waals surface area contributed by atoms with E-state index in [2.05, 4.69) is 4.98 Å². The Bertz CT molecular complexity index is 905. The quantitative estimate of drug-likeness (QED) is 0.522. The molecular formula is C13H5F5N2S. The number of nitrogens with one attached hydrogen (secondary N) is 1. The molecule has 3 aromatic rings. The lowest BCUT2D eigenvalue weighted by Crippen LogP contribution is -2.03. The fourth-order valence-corrected chi connectivity index (χ4v) is 2.39. The van der Waals surface area contributed by atoms with Gasteiger partial charge in [-0.15, -0.1) is 0 Å². The number of nitrogens with zero attached hydrogens (tertiary/aromatic N) is 1. The van der Waals surface area contributed by atoms with Crippen molar-refractivity contribution in [3.63, 3.8) is 0 Å². The Morgan fingerprint density at radius 3 is 1.95 bits per heavy atom. The highest BCUT2D eigenvalue weighted by Crippen LogP contribution is 2.26. The van der Waals surface area contributed by atoms with Crippen molar-refractivity contribution in [3.8, 4) is 5.69 Å². The van der Waals surface area contributed by atoms with Crippen molar-refractivity contribution < 1.29 is 22.0 Å². The Balaban J connectivity index is 2.47. The summed E-state index contributed by atoms with van der Waals surface area (Å²) in [6.07, 6.45) is 0. The standard InChI is InChI=1S/C13H5F5N2S/c14-5-2-8(17)12(9(18)3-5)20-10-4-6(15)1-7(16)11(10)19-13(20)21/h1-4H,(H,19,21). The van der Waals surface area contributed by atoms with Gasteiger partial charge in [-0.05, 0) is 12.2 Å². The monoisotopic (exact) mass is 316 g/mol. The molecule has 1 aromatic heterocycles. The minimum atomic E-state index is -1.24. The fraction of sp³-hybridized carbons (Fsp3) is 0. The molecule has 1 N–H and O–H groups in total. The number of aromatic nitrogens is 2. The summed E-state index contributed by atoms with van der Waals surface area (Å²) in [7, 11) is 0. The highest BCUT2D eigenvalue weighted by molar-refractivity contribution is 7.71. The normalized spacial score (nSPS) is 11.3. The van der Waals surface area contributed by atoms with Crippen LogP contribution in [0.3, 0.4) is 0 Å². The first kappa shape index (κ1) is 13.7. The SMILES string of the molecule is Fc1cc(F)c(-n2c(=S)[nH]c3c(F)cc(F)cc32)c(F)c1. The summed E-state index contributed by atoms with van der Waals surface area (Å²) < 4.78 is 68.1. The van der Waals surface area contributed by atoms with Gasteiger partial charge in [0.2, 0.25) is 0 Å². The van der Waals surface area contributed by atoms with Crippen LogP contribution in [0.4, 0.5) is 22.0 Å². The lowest BCUT2D eigenvalue weighted by Gasteiger charge is -2.08. The van der Waals surface area contributed by atoms with E-state index in [9.17, 15) is 22.0 Å². The summed E-state index contributed by atoms with van der Waals surface area (Å²) in [4.78, 5) is 2.40. The van der Waals surface area contributed by atoms with Crippen molar-refractivity contribution in [1.29, 1.82) is 0 Å². The average molecular weight is 316 g/mol. The molecule has 8 heteroatoms. The largest absolute Gasteiger partial charge is 0.328 e. The molecule has 0 aliphatic heterocycles. The number of hydrogen-bond acceptors (Lipinski definition) is 1. The first-order chi connectivity index (χ1) is 9.88. The molecule has 0 atom stereocenters. The molecule has 21 heavy (non-hydrogen) atoms. The van der Waals surface area contributed by atoms with Gasteiger partial charge in [-0.3, -0.25) is 4.57 Å². The minimum absolute atomic E-state index is 0.193. The molecule has 0 bridgehead atoms.